The van der Waals surface area contributed by atoms with Crippen LogP contribution in [0.25, 0.3) is 0 Å². The molecule has 1 aromatic carbocycles. The number of piperidine rings is 2. The molecular weight excluding hydrogens is 286 g/mol. The van der Waals surface area contributed by atoms with Crippen molar-refractivity contribution < 1.29 is 0 Å². The second-order valence-electron chi connectivity index (χ2n) is 6.09. The lowest BCUT2D eigenvalue weighted by molar-refractivity contribution is -0.153. The SMILES string of the molecule is Br.CCC1C2CCN3CCc4ccccc4C13C2. The first-order chi connectivity index (χ1) is 8.36. The molecule has 1 aromatic rings. The first-order valence-electron chi connectivity index (χ1n) is 7.19. The monoisotopic (exact) mass is 307 g/mol. The molecule has 2 heteroatoms. The molecule has 4 aliphatic rings. The third kappa shape index (κ3) is 1.36. The van der Waals surface area contributed by atoms with Gasteiger partial charge in [0.15, 0.2) is 0 Å². The lowest BCUT2D eigenvalue weighted by Gasteiger charge is -2.67. The smallest absolute Gasteiger partial charge is 0.0496 e. The number of rotatable bonds is 1. The van der Waals surface area contributed by atoms with Gasteiger partial charge < -0.3 is 0 Å². The topological polar surface area (TPSA) is 3.24 Å². The summed E-state index contributed by atoms with van der Waals surface area (Å²) in [7, 11) is 0. The molecule has 3 unspecified atom stereocenters. The zero-order valence-corrected chi connectivity index (χ0v) is 12.8. The minimum absolute atomic E-state index is 0. The second kappa shape index (κ2) is 4.35. The molecule has 2 bridgehead atoms. The predicted octanol–water partition coefficient (Wildman–Crippen LogP) is 3.77. The highest BCUT2D eigenvalue weighted by molar-refractivity contribution is 8.93. The minimum Gasteiger partial charge on any atom is -0.293 e. The van der Waals surface area contributed by atoms with E-state index in [0.29, 0.717) is 5.54 Å². The van der Waals surface area contributed by atoms with Crippen molar-refractivity contribution in [3.8, 4) is 0 Å². The van der Waals surface area contributed by atoms with E-state index in [0.717, 1.165) is 11.8 Å². The quantitative estimate of drug-likeness (QED) is 0.763. The summed E-state index contributed by atoms with van der Waals surface area (Å²) in [6, 6.07) is 9.22. The van der Waals surface area contributed by atoms with Crippen molar-refractivity contribution in [3.63, 3.8) is 0 Å². The number of hydrogen-bond donors (Lipinski definition) is 0. The Morgan fingerprint density at radius 3 is 2.94 bits per heavy atom. The summed E-state index contributed by atoms with van der Waals surface area (Å²) >= 11 is 0. The first kappa shape index (κ1) is 12.7. The molecule has 0 aromatic heterocycles. The molecule has 0 N–H and O–H groups in total. The van der Waals surface area contributed by atoms with Gasteiger partial charge in [-0.05, 0) is 48.8 Å². The molecule has 18 heavy (non-hydrogen) atoms. The zero-order valence-electron chi connectivity index (χ0n) is 11.1. The molecule has 1 saturated carbocycles. The van der Waals surface area contributed by atoms with Crippen molar-refractivity contribution in [2.24, 2.45) is 11.8 Å². The zero-order chi connectivity index (χ0) is 11.5. The van der Waals surface area contributed by atoms with Crippen molar-refractivity contribution in [1.82, 2.24) is 4.90 Å². The van der Waals surface area contributed by atoms with Crippen molar-refractivity contribution in [1.29, 1.82) is 0 Å². The molecular formula is C16H22BrN. The van der Waals surface area contributed by atoms with Crippen molar-refractivity contribution in [2.45, 2.75) is 38.1 Å². The molecule has 3 atom stereocenters. The summed E-state index contributed by atoms with van der Waals surface area (Å²) in [6.07, 6.45) is 5.50. The summed E-state index contributed by atoms with van der Waals surface area (Å²) in [5, 5.41) is 0. The second-order valence-corrected chi connectivity index (χ2v) is 6.09. The standard InChI is InChI=1S/C16H21N.BrH/c1-2-14-13-8-10-17-9-7-12-5-3-4-6-15(12)16(14,17)11-13;/h3-6,13-14H,2,7-11H2,1H3;1H. The van der Waals surface area contributed by atoms with Crippen molar-refractivity contribution >= 4 is 17.0 Å². The van der Waals surface area contributed by atoms with E-state index < -0.39 is 0 Å². The number of fused-ring (bicyclic) bond motifs is 2. The van der Waals surface area contributed by atoms with Gasteiger partial charge in [0.1, 0.15) is 0 Å². The fourth-order valence-corrected chi connectivity index (χ4v) is 4.99. The van der Waals surface area contributed by atoms with Crippen LogP contribution in [0, 0.1) is 11.8 Å². The average Bonchev–Trinajstić information content (AvgIpc) is 2.38. The first-order valence-corrected chi connectivity index (χ1v) is 7.19. The van der Waals surface area contributed by atoms with E-state index in [1.54, 1.807) is 11.1 Å². The Bertz CT molecular complexity index is 458. The maximum absolute atomic E-state index is 2.81. The van der Waals surface area contributed by atoms with Crippen LogP contribution >= 0.6 is 17.0 Å². The molecule has 5 rings (SSSR count). The maximum atomic E-state index is 2.81. The summed E-state index contributed by atoms with van der Waals surface area (Å²) in [5.74, 6) is 1.94. The van der Waals surface area contributed by atoms with E-state index >= 15 is 0 Å². The lowest BCUT2D eigenvalue weighted by Crippen LogP contribution is -2.68. The van der Waals surface area contributed by atoms with Crippen LogP contribution in [-0.2, 0) is 12.0 Å². The van der Waals surface area contributed by atoms with Crippen LogP contribution in [0.2, 0.25) is 0 Å². The number of nitrogens with zero attached hydrogens (tertiary/aromatic N) is 1. The van der Waals surface area contributed by atoms with E-state index in [4.69, 9.17) is 0 Å². The van der Waals surface area contributed by atoms with Crippen molar-refractivity contribution in [3.05, 3.63) is 35.4 Å². The van der Waals surface area contributed by atoms with Crippen molar-refractivity contribution in [2.75, 3.05) is 13.1 Å². The normalized spacial score (nSPS) is 36.9. The number of benzene rings is 1. The van der Waals surface area contributed by atoms with Gasteiger partial charge in [-0.1, -0.05) is 37.6 Å². The molecule has 1 spiro atoms. The molecule has 0 amide bonds. The molecule has 3 aliphatic heterocycles. The molecule has 1 nitrogen and oxygen atoms in total. The van der Waals surface area contributed by atoms with Gasteiger partial charge in [-0.2, -0.15) is 0 Å². The van der Waals surface area contributed by atoms with Gasteiger partial charge in [-0.15, -0.1) is 17.0 Å². The molecule has 0 radical (unpaired) electrons. The Morgan fingerprint density at radius 1 is 1.28 bits per heavy atom. The highest BCUT2D eigenvalue weighted by Crippen LogP contribution is 2.62. The molecule has 3 heterocycles. The van der Waals surface area contributed by atoms with E-state index in [1.165, 1.54) is 38.8 Å². The largest absolute Gasteiger partial charge is 0.293 e. The van der Waals surface area contributed by atoms with Crippen LogP contribution in [0.1, 0.15) is 37.3 Å². The molecule has 3 fully saturated rings. The molecule has 98 valence electrons. The Hall–Kier alpha value is -0.340. The van der Waals surface area contributed by atoms with E-state index in [-0.39, 0.29) is 17.0 Å². The van der Waals surface area contributed by atoms with Gasteiger partial charge in [0.2, 0.25) is 0 Å². The highest BCUT2D eigenvalue weighted by Gasteiger charge is 2.60. The van der Waals surface area contributed by atoms with Gasteiger partial charge in [-0.3, -0.25) is 4.90 Å². The van der Waals surface area contributed by atoms with Gasteiger partial charge in [-0.25, -0.2) is 0 Å². The van der Waals surface area contributed by atoms with Crippen LogP contribution in [0.4, 0.5) is 0 Å². The van der Waals surface area contributed by atoms with Crippen LogP contribution in [0.3, 0.4) is 0 Å². The third-order valence-electron chi connectivity index (χ3n) is 5.66. The highest BCUT2D eigenvalue weighted by atomic mass is 79.9. The van der Waals surface area contributed by atoms with E-state index in [2.05, 4.69) is 36.1 Å². The van der Waals surface area contributed by atoms with Crippen LogP contribution in [-0.4, -0.2) is 18.0 Å². The molecule has 2 saturated heterocycles. The summed E-state index contributed by atoms with van der Waals surface area (Å²) in [5.41, 5.74) is 3.75. The average molecular weight is 308 g/mol. The Kier molecular flexibility index (Phi) is 3.06. The summed E-state index contributed by atoms with van der Waals surface area (Å²) in [4.78, 5) is 2.81. The maximum Gasteiger partial charge on any atom is 0.0496 e. The Labute approximate surface area is 120 Å². The predicted molar refractivity (Wildman–Crippen MR) is 80.2 cm³/mol. The fraction of sp³-hybridized carbons (Fsp3) is 0.625. The van der Waals surface area contributed by atoms with Gasteiger partial charge in [0, 0.05) is 12.1 Å². The summed E-state index contributed by atoms with van der Waals surface area (Å²) < 4.78 is 0. The van der Waals surface area contributed by atoms with E-state index in [1.807, 2.05) is 0 Å². The van der Waals surface area contributed by atoms with Crippen LogP contribution in [0.5, 0.6) is 0 Å². The van der Waals surface area contributed by atoms with E-state index in [9.17, 15) is 0 Å². The number of hydrogen-bond acceptors (Lipinski definition) is 1. The third-order valence-corrected chi connectivity index (χ3v) is 5.66. The van der Waals surface area contributed by atoms with Gasteiger partial charge in [0.25, 0.3) is 0 Å². The molecule has 1 aliphatic carbocycles. The fourth-order valence-electron chi connectivity index (χ4n) is 4.99. The summed E-state index contributed by atoms with van der Waals surface area (Å²) in [6.45, 7) is 5.02. The van der Waals surface area contributed by atoms with Crippen LogP contribution < -0.4 is 0 Å². The minimum atomic E-state index is 0. The van der Waals surface area contributed by atoms with Crippen LogP contribution in [0.15, 0.2) is 24.3 Å². The lowest BCUT2D eigenvalue weighted by atomic mass is 9.50. The Balaban J connectivity index is 0.000001000. The Morgan fingerprint density at radius 2 is 2.11 bits per heavy atom. The van der Waals surface area contributed by atoms with Gasteiger partial charge >= 0.3 is 0 Å². The number of halogens is 1. The van der Waals surface area contributed by atoms with Gasteiger partial charge in [0.05, 0.1) is 0 Å².